The number of aromatic nitrogens is 2. The molecule has 2 aromatic rings. The van der Waals surface area contributed by atoms with Crippen molar-refractivity contribution in [2.75, 3.05) is 31.1 Å². The number of hydrogen-bond acceptors (Lipinski definition) is 4. The second-order valence-corrected chi connectivity index (χ2v) is 9.19. The maximum absolute atomic E-state index is 13.4. The van der Waals surface area contributed by atoms with Gasteiger partial charge >= 0.3 is 0 Å². The van der Waals surface area contributed by atoms with Gasteiger partial charge < -0.3 is 14.4 Å². The minimum Gasteiger partial charge on any atom is -0.346 e. The largest absolute Gasteiger partial charge is 0.346 e. The third-order valence-corrected chi connectivity index (χ3v) is 7.33. The number of hydrogen-bond donors (Lipinski definition) is 0. The van der Waals surface area contributed by atoms with Gasteiger partial charge in [0.1, 0.15) is 0 Å². The summed E-state index contributed by atoms with van der Waals surface area (Å²) in [6, 6.07) is 2.70. The summed E-state index contributed by atoms with van der Waals surface area (Å²) in [5.74, 6) is 0.201. The van der Waals surface area contributed by atoms with Crippen molar-refractivity contribution in [1.82, 2.24) is 14.5 Å². The van der Waals surface area contributed by atoms with Crippen LogP contribution in [-0.2, 0) is 0 Å². The van der Waals surface area contributed by atoms with E-state index in [-0.39, 0.29) is 5.91 Å². The standard InChI is InChI=1S/C22H32N4OS/c1-16-15-28-22(23-16)25-11-7-10-24(12-13-25)21(27)20-14-17(2)26(18(20)3)19-8-5-4-6-9-19/h14-15,19H,4-13H2,1-3H3. The molecular formula is C22H32N4OS. The van der Waals surface area contributed by atoms with Gasteiger partial charge in [-0.25, -0.2) is 4.98 Å². The maximum atomic E-state index is 13.4. The summed E-state index contributed by atoms with van der Waals surface area (Å²) in [5.41, 5.74) is 4.38. The molecule has 2 aliphatic rings. The molecule has 1 saturated heterocycles. The summed E-state index contributed by atoms with van der Waals surface area (Å²) >= 11 is 1.70. The van der Waals surface area contributed by atoms with Gasteiger partial charge in [0.15, 0.2) is 5.13 Å². The highest BCUT2D eigenvalue weighted by molar-refractivity contribution is 7.13. The van der Waals surface area contributed by atoms with Crippen LogP contribution in [0.4, 0.5) is 5.13 Å². The van der Waals surface area contributed by atoms with Crippen LogP contribution < -0.4 is 4.90 Å². The molecule has 0 radical (unpaired) electrons. The van der Waals surface area contributed by atoms with Crippen LogP contribution in [-0.4, -0.2) is 46.5 Å². The summed E-state index contributed by atoms with van der Waals surface area (Å²) in [7, 11) is 0. The van der Waals surface area contributed by atoms with Crippen LogP contribution in [0.3, 0.4) is 0 Å². The van der Waals surface area contributed by atoms with E-state index in [1.165, 1.54) is 37.8 Å². The normalized spacial score (nSPS) is 19.1. The molecule has 1 saturated carbocycles. The zero-order valence-corrected chi connectivity index (χ0v) is 18.2. The molecule has 4 rings (SSSR count). The molecule has 5 nitrogen and oxygen atoms in total. The van der Waals surface area contributed by atoms with E-state index in [1.54, 1.807) is 11.3 Å². The number of carbonyl (C=O) groups excluding carboxylic acids is 1. The van der Waals surface area contributed by atoms with E-state index < -0.39 is 0 Å². The van der Waals surface area contributed by atoms with Crippen molar-refractivity contribution < 1.29 is 4.79 Å². The first-order valence-electron chi connectivity index (χ1n) is 10.7. The Morgan fingerprint density at radius 1 is 1.04 bits per heavy atom. The van der Waals surface area contributed by atoms with E-state index in [0.29, 0.717) is 6.04 Å². The summed E-state index contributed by atoms with van der Waals surface area (Å²) in [6.07, 6.45) is 7.45. The van der Waals surface area contributed by atoms with Crippen molar-refractivity contribution in [3.05, 3.63) is 34.1 Å². The molecule has 0 unspecified atom stereocenters. The molecule has 152 valence electrons. The molecule has 1 aliphatic heterocycles. The van der Waals surface area contributed by atoms with Crippen LogP contribution in [0.2, 0.25) is 0 Å². The fourth-order valence-corrected chi connectivity index (χ4v) is 5.72. The zero-order chi connectivity index (χ0) is 19.7. The number of anilines is 1. The van der Waals surface area contributed by atoms with Gasteiger partial charge in [-0.15, -0.1) is 11.3 Å². The first-order valence-corrected chi connectivity index (χ1v) is 11.6. The number of rotatable bonds is 3. The van der Waals surface area contributed by atoms with E-state index >= 15 is 0 Å². The fourth-order valence-electron chi connectivity index (χ4n) is 4.86. The monoisotopic (exact) mass is 400 g/mol. The molecule has 3 heterocycles. The van der Waals surface area contributed by atoms with E-state index in [4.69, 9.17) is 0 Å². The summed E-state index contributed by atoms with van der Waals surface area (Å²) in [5, 5.41) is 3.19. The fraction of sp³-hybridized carbons (Fsp3) is 0.636. The van der Waals surface area contributed by atoms with Crippen molar-refractivity contribution in [3.63, 3.8) is 0 Å². The lowest BCUT2D eigenvalue weighted by Gasteiger charge is -2.27. The first kappa shape index (κ1) is 19.5. The molecule has 2 aromatic heterocycles. The lowest BCUT2D eigenvalue weighted by atomic mass is 9.95. The van der Waals surface area contributed by atoms with Gasteiger partial charge in [-0.1, -0.05) is 19.3 Å². The third-order valence-electron chi connectivity index (χ3n) is 6.32. The molecule has 0 N–H and O–H groups in total. The van der Waals surface area contributed by atoms with Crippen LogP contribution in [0.5, 0.6) is 0 Å². The molecule has 0 atom stereocenters. The van der Waals surface area contributed by atoms with E-state index in [1.807, 2.05) is 11.8 Å². The van der Waals surface area contributed by atoms with Crippen molar-refractivity contribution >= 4 is 22.4 Å². The second kappa shape index (κ2) is 8.27. The molecular weight excluding hydrogens is 368 g/mol. The number of amides is 1. The molecule has 0 bridgehead atoms. The average molecular weight is 401 g/mol. The second-order valence-electron chi connectivity index (χ2n) is 8.35. The van der Waals surface area contributed by atoms with Gasteiger partial charge in [0.2, 0.25) is 0 Å². The Bertz CT molecular complexity index is 834. The average Bonchev–Trinajstić information content (AvgIpc) is 3.15. The van der Waals surface area contributed by atoms with Crippen LogP contribution >= 0.6 is 11.3 Å². The van der Waals surface area contributed by atoms with Gasteiger partial charge in [0, 0.05) is 49.0 Å². The van der Waals surface area contributed by atoms with E-state index in [0.717, 1.165) is 54.7 Å². The first-order chi connectivity index (χ1) is 13.5. The summed E-state index contributed by atoms with van der Waals surface area (Å²) in [4.78, 5) is 22.4. The molecule has 0 spiro atoms. The predicted molar refractivity (Wildman–Crippen MR) is 116 cm³/mol. The molecule has 0 aromatic carbocycles. The summed E-state index contributed by atoms with van der Waals surface area (Å²) < 4.78 is 2.44. The van der Waals surface area contributed by atoms with Gasteiger partial charge in [-0.2, -0.15) is 0 Å². The van der Waals surface area contributed by atoms with Crippen molar-refractivity contribution in [1.29, 1.82) is 0 Å². The van der Waals surface area contributed by atoms with Crippen LogP contribution in [0, 0.1) is 20.8 Å². The molecule has 2 fully saturated rings. The third kappa shape index (κ3) is 3.84. The number of thiazole rings is 1. The zero-order valence-electron chi connectivity index (χ0n) is 17.4. The lowest BCUT2D eigenvalue weighted by molar-refractivity contribution is 0.0766. The van der Waals surface area contributed by atoms with Gasteiger partial charge in [-0.3, -0.25) is 4.79 Å². The van der Waals surface area contributed by atoms with Crippen molar-refractivity contribution in [2.24, 2.45) is 0 Å². The van der Waals surface area contributed by atoms with E-state index in [9.17, 15) is 4.79 Å². The quantitative estimate of drug-likeness (QED) is 0.748. The van der Waals surface area contributed by atoms with Crippen molar-refractivity contribution in [3.8, 4) is 0 Å². The smallest absolute Gasteiger partial charge is 0.255 e. The predicted octanol–water partition coefficient (Wildman–Crippen LogP) is 4.73. The molecule has 1 aliphatic carbocycles. The SMILES string of the molecule is Cc1csc(N2CCCN(C(=O)c3cc(C)n(C4CCCCC4)c3C)CC2)n1. The molecule has 6 heteroatoms. The van der Waals surface area contributed by atoms with Crippen LogP contribution in [0.15, 0.2) is 11.4 Å². The Morgan fingerprint density at radius 2 is 1.82 bits per heavy atom. The van der Waals surface area contributed by atoms with Gasteiger partial charge in [0.25, 0.3) is 5.91 Å². The Kier molecular flexibility index (Phi) is 5.76. The topological polar surface area (TPSA) is 41.4 Å². The Balaban J connectivity index is 1.48. The lowest BCUT2D eigenvalue weighted by Crippen LogP contribution is -2.35. The van der Waals surface area contributed by atoms with Crippen molar-refractivity contribution in [2.45, 2.75) is 65.3 Å². The highest BCUT2D eigenvalue weighted by Crippen LogP contribution is 2.32. The van der Waals surface area contributed by atoms with Crippen LogP contribution in [0.25, 0.3) is 0 Å². The maximum Gasteiger partial charge on any atom is 0.255 e. The van der Waals surface area contributed by atoms with Crippen LogP contribution in [0.1, 0.15) is 72.0 Å². The Hall–Kier alpha value is -1.82. The highest BCUT2D eigenvalue weighted by Gasteiger charge is 2.27. The van der Waals surface area contributed by atoms with E-state index in [2.05, 4.69) is 39.7 Å². The van der Waals surface area contributed by atoms with Gasteiger partial charge in [0.05, 0.1) is 11.3 Å². The van der Waals surface area contributed by atoms with Gasteiger partial charge in [-0.05, 0) is 46.1 Å². The molecule has 28 heavy (non-hydrogen) atoms. The number of aryl methyl sites for hydroxylation is 2. The number of carbonyl (C=O) groups is 1. The Labute approximate surface area is 172 Å². The minimum absolute atomic E-state index is 0.201. The minimum atomic E-state index is 0.201. The number of nitrogens with zero attached hydrogens (tertiary/aromatic N) is 4. The Morgan fingerprint density at radius 3 is 2.54 bits per heavy atom. The highest BCUT2D eigenvalue weighted by atomic mass is 32.1. The summed E-state index contributed by atoms with van der Waals surface area (Å²) in [6.45, 7) is 9.76. The molecule has 1 amide bonds.